The minimum Gasteiger partial charge on any atom is -0.357 e. The summed E-state index contributed by atoms with van der Waals surface area (Å²) in [6, 6.07) is 11.8. The Morgan fingerprint density at radius 3 is 2.89 bits per heavy atom. The highest BCUT2D eigenvalue weighted by atomic mass is 16.2. The topological polar surface area (TPSA) is 74.3 Å². The number of benzene rings is 1. The monoisotopic (exact) mass is 378 g/mol. The molecule has 0 aliphatic carbocycles. The fourth-order valence-electron chi connectivity index (χ4n) is 3.93. The van der Waals surface area contributed by atoms with E-state index in [0.29, 0.717) is 25.8 Å². The lowest BCUT2D eigenvalue weighted by Gasteiger charge is -2.24. The third-order valence-electron chi connectivity index (χ3n) is 5.56. The third kappa shape index (κ3) is 4.32. The van der Waals surface area contributed by atoms with Crippen LogP contribution in [0.2, 0.25) is 0 Å². The Morgan fingerprint density at radius 2 is 2.04 bits per heavy atom. The molecule has 1 atom stereocenters. The molecule has 2 aliphatic rings. The van der Waals surface area contributed by atoms with E-state index in [1.54, 1.807) is 6.20 Å². The van der Waals surface area contributed by atoms with Crippen molar-refractivity contribution >= 4 is 23.3 Å². The standard InChI is InChI=1S/C22H26N4O2/c27-21(8-7-18-14-17-5-1-2-6-19(17)25-22(18)28)24-15-16-9-10-23-20(13-16)26-11-3-4-12-26/h1-2,5-6,9-10,13,18H,3-4,7-8,11-12,14-15H2,(H,24,27)(H,25,28). The van der Waals surface area contributed by atoms with E-state index in [2.05, 4.69) is 26.6 Å². The summed E-state index contributed by atoms with van der Waals surface area (Å²) >= 11 is 0. The lowest BCUT2D eigenvalue weighted by molar-refractivity contribution is -0.122. The summed E-state index contributed by atoms with van der Waals surface area (Å²) < 4.78 is 0. The van der Waals surface area contributed by atoms with E-state index in [-0.39, 0.29) is 17.7 Å². The molecule has 3 heterocycles. The number of nitrogens with zero attached hydrogens (tertiary/aromatic N) is 2. The van der Waals surface area contributed by atoms with Crippen LogP contribution >= 0.6 is 0 Å². The zero-order chi connectivity index (χ0) is 19.3. The molecule has 1 unspecified atom stereocenters. The molecule has 1 aromatic carbocycles. The van der Waals surface area contributed by atoms with Crippen LogP contribution in [0.4, 0.5) is 11.5 Å². The van der Waals surface area contributed by atoms with Gasteiger partial charge in [-0.25, -0.2) is 4.98 Å². The summed E-state index contributed by atoms with van der Waals surface area (Å²) in [5, 5.41) is 5.92. The number of carbonyl (C=O) groups excluding carboxylic acids is 2. The van der Waals surface area contributed by atoms with Crippen LogP contribution in [0.25, 0.3) is 0 Å². The van der Waals surface area contributed by atoms with Gasteiger partial charge in [0.25, 0.3) is 0 Å². The molecule has 1 aromatic heterocycles. The molecule has 0 radical (unpaired) electrons. The minimum atomic E-state index is -0.150. The van der Waals surface area contributed by atoms with E-state index in [1.807, 2.05) is 30.3 Å². The Labute approximate surface area is 165 Å². The van der Waals surface area contributed by atoms with Gasteiger partial charge in [-0.3, -0.25) is 9.59 Å². The summed E-state index contributed by atoms with van der Waals surface area (Å²) in [4.78, 5) is 31.3. The van der Waals surface area contributed by atoms with Crippen molar-refractivity contribution in [1.29, 1.82) is 0 Å². The van der Waals surface area contributed by atoms with E-state index < -0.39 is 0 Å². The maximum Gasteiger partial charge on any atom is 0.227 e. The molecule has 4 rings (SSSR count). The molecule has 6 nitrogen and oxygen atoms in total. The molecule has 146 valence electrons. The first-order valence-electron chi connectivity index (χ1n) is 10.0. The minimum absolute atomic E-state index is 0.0101. The first-order chi connectivity index (χ1) is 13.7. The van der Waals surface area contributed by atoms with E-state index in [1.165, 1.54) is 12.8 Å². The normalized spacial score (nSPS) is 18.5. The van der Waals surface area contributed by atoms with Crippen LogP contribution in [-0.2, 0) is 22.6 Å². The number of fused-ring (bicyclic) bond motifs is 1. The van der Waals surface area contributed by atoms with Gasteiger partial charge in [0.15, 0.2) is 0 Å². The zero-order valence-electron chi connectivity index (χ0n) is 16.0. The average molecular weight is 378 g/mol. The third-order valence-corrected chi connectivity index (χ3v) is 5.56. The predicted molar refractivity (Wildman–Crippen MR) is 109 cm³/mol. The lowest BCUT2D eigenvalue weighted by atomic mass is 9.89. The Morgan fingerprint density at radius 1 is 1.21 bits per heavy atom. The van der Waals surface area contributed by atoms with Gasteiger partial charge in [-0.2, -0.15) is 0 Å². The zero-order valence-corrected chi connectivity index (χ0v) is 16.0. The second-order valence-electron chi connectivity index (χ2n) is 7.58. The van der Waals surface area contributed by atoms with Gasteiger partial charge in [-0.05, 0) is 55.0 Å². The number of aromatic nitrogens is 1. The van der Waals surface area contributed by atoms with Crippen molar-refractivity contribution in [3.8, 4) is 0 Å². The maximum absolute atomic E-state index is 12.3. The lowest BCUT2D eigenvalue weighted by Crippen LogP contribution is -2.31. The molecule has 0 saturated carbocycles. The molecule has 0 spiro atoms. The Balaban J connectivity index is 1.26. The molecular weight excluding hydrogens is 352 g/mol. The Hall–Kier alpha value is -2.89. The maximum atomic E-state index is 12.3. The smallest absolute Gasteiger partial charge is 0.227 e. The summed E-state index contributed by atoms with van der Waals surface area (Å²) in [5.74, 6) is 0.826. The SMILES string of the molecule is O=C(CCC1Cc2ccccc2NC1=O)NCc1ccnc(N2CCCC2)c1. The van der Waals surface area contributed by atoms with Crippen LogP contribution in [0.3, 0.4) is 0 Å². The van der Waals surface area contributed by atoms with E-state index in [0.717, 1.165) is 35.7 Å². The molecular formula is C22H26N4O2. The molecule has 1 saturated heterocycles. The number of carbonyl (C=O) groups is 2. The molecule has 2 N–H and O–H groups in total. The number of hydrogen-bond donors (Lipinski definition) is 2. The van der Waals surface area contributed by atoms with Gasteiger partial charge in [0, 0.05) is 43.9 Å². The van der Waals surface area contributed by atoms with Crippen LogP contribution < -0.4 is 15.5 Å². The number of nitrogens with one attached hydrogen (secondary N) is 2. The highest BCUT2D eigenvalue weighted by molar-refractivity contribution is 5.96. The fraction of sp³-hybridized carbons (Fsp3) is 0.409. The van der Waals surface area contributed by atoms with E-state index in [9.17, 15) is 9.59 Å². The van der Waals surface area contributed by atoms with Crippen LogP contribution in [0, 0.1) is 5.92 Å². The quantitative estimate of drug-likeness (QED) is 0.811. The molecule has 2 aliphatic heterocycles. The van der Waals surface area contributed by atoms with E-state index in [4.69, 9.17) is 0 Å². The number of anilines is 2. The Bertz CT molecular complexity index is 861. The van der Waals surface area contributed by atoms with Crippen LogP contribution in [0.5, 0.6) is 0 Å². The molecule has 1 fully saturated rings. The van der Waals surface area contributed by atoms with Crippen molar-refractivity contribution in [2.24, 2.45) is 5.92 Å². The average Bonchev–Trinajstić information content (AvgIpc) is 3.26. The number of para-hydroxylation sites is 1. The van der Waals surface area contributed by atoms with Gasteiger partial charge < -0.3 is 15.5 Å². The second kappa shape index (κ2) is 8.42. The van der Waals surface area contributed by atoms with Crippen molar-refractivity contribution in [2.45, 2.75) is 38.6 Å². The summed E-state index contributed by atoms with van der Waals surface area (Å²) in [5.41, 5.74) is 3.08. The van der Waals surface area contributed by atoms with Crippen molar-refractivity contribution < 1.29 is 9.59 Å². The van der Waals surface area contributed by atoms with E-state index >= 15 is 0 Å². The summed E-state index contributed by atoms with van der Waals surface area (Å²) in [6.07, 6.45) is 5.83. The van der Waals surface area contributed by atoms with Gasteiger partial charge >= 0.3 is 0 Å². The number of rotatable bonds is 6. The van der Waals surface area contributed by atoms with Gasteiger partial charge in [0.05, 0.1) is 0 Å². The summed E-state index contributed by atoms with van der Waals surface area (Å²) in [7, 11) is 0. The molecule has 2 aromatic rings. The molecule has 0 bridgehead atoms. The summed E-state index contributed by atoms with van der Waals surface area (Å²) in [6.45, 7) is 2.59. The van der Waals surface area contributed by atoms with Crippen LogP contribution in [-0.4, -0.2) is 29.9 Å². The predicted octanol–water partition coefficient (Wildman–Crippen LogP) is 2.89. The van der Waals surface area contributed by atoms with Crippen molar-refractivity contribution in [2.75, 3.05) is 23.3 Å². The van der Waals surface area contributed by atoms with Crippen molar-refractivity contribution in [1.82, 2.24) is 10.3 Å². The molecule has 2 amide bonds. The van der Waals surface area contributed by atoms with Crippen LogP contribution in [0.15, 0.2) is 42.6 Å². The van der Waals surface area contributed by atoms with Gasteiger partial charge in [0.2, 0.25) is 11.8 Å². The number of amides is 2. The largest absolute Gasteiger partial charge is 0.357 e. The van der Waals surface area contributed by atoms with Gasteiger partial charge in [-0.15, -0.1) is 0 Å². The van der Waals surface area contributed by atoms with Crippen LogP contribution in [0.1, 0.15) is 36.8 Å². The number of pyridine rings is 1. The number of hydrogen-bond acceptors (Lipinski definition) is 4. The molecule has 6 heteroatoms. The molecule has 28 heavy (non-hydrogen) atoms. The highest BCUT2D eigenvalue weighted by Crippen LogP contribution is 2.27. The second-order valence-corrected chi connectivity index (χ2v) is 7.58. The first kappa shape index (κ1) is 18.5. The van der Waals surface area contributed by atoms with Crippen molar-refractivity contribution in [3.05, 3.63) is 53.7 Å². The van der Waals surface area contributed by atoms with Crippen molar-refractivity contribution in [3.63, 3.8) is 0 Å². The Kier molecular flexibility index (Phi) is 5.55. The van der Waals surface area contributed by atoms with Gasteiger partial charge in [0.1, 0.15) is 5.82 Å². The fourth-order valence-corrected chi connectivity index (χ4v) is 3.93. The first-order valence-corrected chi connectivity index (χ1v) is 10.0. The van der Waals surface area contributed by atoms with Gasteiger partial charge in [-0.1, -0.05) is 18.2 Å². The highest BCUT2D eigenvalue weighted by Gasteiger charge is 2.26.